The molecule has 1 amide bonds. The van der Waals surface area contributed by atoms with Crippen molar-refractivity contribution in [1.29, 1.82) is 0 Å². The summed E-state index contributed by atoms with van der Waals surface area (Å²) in [5.74, 6) is 0.195. The van der Waals surface area contributed by atoms with Crippen LogP contribution in [-0.4, -0.2) is 57.9 Å². The maximum absolute atomic E-state index is 13.3. The van der Waals surface area contributed by atoms with Gasteiger partial charge in [-0.3, -0.25) is 20.3 Å². The molecule has 138 valence electrons. The van der Waals surface area contributed by atoms with Crippen LogP contribution in [0.2, 0.25) is 0 Å². The molecule has 0 bridgehead atoms. The molecule has 4 unspecified atom stereocenters. The zero-order valence-electron chi connectivity index (χ0n) is 15.6. The van der Waals surface area contributed by atoms with Crippen LogP contribution in [0.25, 0.3) is 0 Å². The van der Waals surface area contributed by atoms with E-state index in [2.05, 4.69) is 64.6 Å². The van der Waals surface area contributed by atoms with E-state index in [1.165, 1.54) is 11.3 Å². The smallest absolute Gasteiger partial charge is 0.245 e. The molecular formula is C20H27N5O. The number of hydrogen-bond acceptors (Lipinski definition) is 5. The topological polar surface area (TPSA) is 50.9 Å². The van der Waals surface area contributed by atoms with E-state index in [1.54, 1.807) is 0 Å². The number of amides is 1. The van der Waals surface area contributed by atoms with Gasteiger partial charge in [0.15, 0.2) is 6.29 Å². The van der Waals surface area contributed by atoms with Crippen LogP contribution in [0.3, 0.4) is 0 Å². The van der Waals surface area contributed by atoms with E-state index in [0.717, 1.165) is 19.4 Å². The minimum atomic E-state index is -0.169. The molecule has 0 spiro atoms. The zero-order chi connectivity index (χ0) is 18.1. The Kier molecular flexibility index (Phi) is 3.48. The summed E-state index contributed by atoms with van der Waals surface area (Å²) in [5, 5.41) is 7.41. The Morgan fingerprint density at radius 3 is 2.81 bits per heavy atom. The predicted octanol–water partition coefficient (Wildman–Crippen LogP) is 1.23. The summed E-state index contributed by atoms with van der Waals surface area (Å²) in [7, 11) is 1.93. The molecular weight excluding hydrogens is 326 g/mol. The molecule has 26 heavy (non-hydrogen) atoms. The van der Waals surface area contributed by atoms with Gasteiger partial charge in [0.25, 0.3) is 0 Å². The molecule has 1 aromatic carbocycles. The monoisotopic (exact) mass is 353 g/mol. The van der Waals surface area contributed by atoms with E-state index in [-0.39, 0.29) is 36.1 Å². The molecule has 4 aliphatic rings. The van der Waals surface area contributed by atoms with Crippen LogP contribution < -0.4 is 10.6 Å². The van der Waals surface area contributed by atoms with Crippen molar-refractivity contribution in [3.63, 3.8) is 0 Å². The number of benzene rings is 1. The van der Waals surface area contributed by atoms with E-state index in [9.17, 15) is 4.79 Å². The number of likely N-dealkylation sites (N-methyl/N-ethyl adjacent to an activating group) is 1. The van der Waals surface area contributed by atoms with Crippen LogP contribution in [-0.2, 0) is 11.3 Å². The largest absolute Gasteiger partial charge is 0.323 e. The molecule has 6 heteroatoms. The Bertz CT molecular complexity index is 765. The molecule has 1 aromatic rings. The van der Waals surface area contributed by atoms with Crippen molar-refractivity contribution in [3.05, 3.63) is 47.7 Å². The third-order valence-electron chi connectivity index (χ3n) is 6.58. The van der Waals surface area contributed by atoms with Crippen molar-refractivity contribution < 1.29 is 4.79 Å². The summed E-state index contributed by atoms with van der Waals surface area (Å²) in [6.07, 6.45) is 4.64. The molecule has 0 aromatic heterocycles. The van der Waals surface area contributed by atoms with Crippen molar-refractivity contribution >= 4 is 5.91 Å². The van der Waals surface area contributed by atoms with Crippen LogP contribution in [0.4, 0.5) is 0 Å². The van der Waals surface area contributed by atoms with Crippen molar-refractivity contribution in [2.24, 2.45) is 0 Å². The van der Waals surface area contributed by atoms with Crippen LogP contribution >= 0.6 is 0 Å². The Morgan fingerprint density at radius 2 is 2.04 bits per heavy atom. The first-order chi connectivity index (χ1) is 12.5. The summed E-state index contributed by atoms with van der Waals surface area (Å²) >= 11 is 0. The Labute approximate surface area is 154 Å². The predicted molar refractivity (Wildman–Crippen MR) is 99.4 cm³/mol. The third-order valence-corrected chi connectivity index (χ3v) is 6.58. The average molecular weight is 353 g/mol. The van der Waals surface area contributed by atoms with Crippen molar-refractivity contribution in [1.82, 2.24) is 25.3 Å². The fraction of sp³-hybridized carbons (Fsp3) is 0.550. The summed E-state index contributed by atoms with van der Waals surface area (Å²) in [6.45, 7) is 5.20. The van der Waals surface area contributed by atoms with Crippen molar-refractivity contribution in [3.8, 4) is 0 Å². The molecule has 3 heterocycles. The average Bonchev–Trinajstić information content (AvgIpc) is 3.23. The molecule has 3 saturated heterocycles. The second kappa shape index (κ2) is 5.55. The first kappa shape index (κ1) is 16.3. The highest BCUT2D eigenvalue weighted by atomic mass is 16.2. The number of allylic oxidation sites excluding steroid dienone is 1. The van der Waals surface area contributed by atoms with E-state index in [1.807, 2.05) is 18.0 Å². The van der Waals surface area contributed by atoms with Crippen molar-refractivity contribution in [2.75, 3.05) is 7.05 Å². The fourth-order valence-electron chi connectivity index (χ4n) is 5.18. The third kappa shape index (κ3) is 2.12. The Balaban J connectivity index is 1.50. The number of nitrogens with zero attached hydrogens (tertiary/aromatic N) is 3. The molecule has 5 rings (SSSR count). The number of hydrogen-bond donors (Lipinski definition) is 2. The molecule has 0 saturated carbocycles. The highest BCUT2D eigenvalue weighted by Gasteiger charge is 2.60. The van der Waals surface area contributed by atoms with Crippen LogP contribution in [0.15, 0.2) is 42.1 Å². The molecule has 1 aliphatic carbocycles. The van der Waals surface area contributed by atoms with Crippen LogP contribution in [0.1, 0.15) is 32.3 Å². The van der Waals surface area contributed by atoms with Gasteiger partial charge in [0.2, 0.25) is 5.91 Å². The van der Waals surface area contributed by atoms with Gasteiger partial charge in [0.05, 0.1) is 11.7 Å². The summed E-state index contributed by atoms with van der Waals surface area (Å²) in [5.41, 5.74) is 2.56. The summed E-state index contributed by atoms with van der Waals surface area (Å²) in [4.78, 5) is 19.9. The van der Waals surface area contributed by atoms with Gasteiger partial charge in [-0.25, -0.2) is 0 Å². The number of carbonyl (C=O) groups is 1. The van der Waals surface area contributed by atoms with Crippen molar-refractivity contribution in [2.45, 2.75) is 63.4 Å². The number of rotatable bonds is 2. The minimum Gasteiger partial charge on any atom is -0.323 e. The number of nitrogens with one attached hydrogen (secondary N) is 2. The molecule has 2 N–H and O–H groups in total. The number of carbonyl (C=O) groups excluding carboxylic acids is 1. The van der Waals surface area contributed by atoms with E-state index in [4.69, 9.17) is 0 Å². The van der Waals surface area contributed by atoms with Gasteiger partial charge in [0.1, 0.15) is 12.2 Å². The van der Waals surface area contributed by atoms with E-state index >= 15 is 0 Å². The molecule has 0 radical (unpaired) electrons. The second-order valence-corrected chi connectivity index (χ2v) is 8.22. The SMILES string of the molecule is C[C@H]1NC2C(C(=O)N(C)C3NC4(C)CCC=C4N23)N1Cc1ccccc1. The lowest BCUT2D eigenvalue weighted by Crippen LogP contribution is -2.68. The number of fused-ring (bicyclic) bond motifs is 5. The zero-order valence-corrected chi connectivity index (χ0v) is 15.6. The molecule has 5 atom stereocenters. The Morgan fingerprint density at radius 1 is 1.27 bits per heavy atom. The first-order valence-electron chi connectivity index (χ1n) is 9.59. The summed E-state index contributed by atoms with van der Waals surface area (Å²) in [6, 6.07) is 10.3. The quantitative estimate of drug-likeness (QED) is 0.838. The first-order valence-corrected chi connectivity index (χ1v) is 9.59. The van der Waals surface area contributed by atoms with Crippen LogP contribution in [0, 0.1) is 0 Å². The lowest BCUT2D eigenvalue weighted by atomic mass is 10.00. The van der Waals surface area contributed by atoms with Gasteiger partial charge in [-0.1, -0.05) is 36.4 Å². The molecule has 3 fully saturated rings. The standard InChI is InChI=1S/C20H27N5O/c1-13-21-17-16(24(13)12-14-8-5-4-6-9-14)18(26)23(3)19-22-20(2)11-7-10-15(20)25(17)19/h4-6,8-10,13,16-17,19,21-22H,7,11-12H2,1-3H3/t13-,16?,17?,19?,20?/m0/s1. The molecule has 6 nitrogen and oxygen atoms in total. The maximum Gasteiger partial charge on any atom is 0.245 e. The normalized spacial score (nSPS) is 39.0. The van der Waals surface area contributed by atoms with Gasteiger partial charge in [-0.15, -0.1) is 0 Å². The van der Waals surface area contributed by atoms with E-state index in [0.29, 0.717) is 0 Å². The van der Waals surface area contributed by atoms with E-state index < -0.39 is 0 Å². The highest BCUT2D eigenvalue weighted by Crippen LogP contribution is 2.44. The minimum absolute atomic E-state index is 0.0149. The summed E-state index contributed by atoms with van der Waals surface area (Å²) < 4.78 is 0. The fourth-order valence-corrected chi connectivity index (χ4v) is 5.18. The maximum atomic E-state index is 13.3. The van der Waals surface area contributed by atoms with Gasteiger partial charge >= 0.3 is 0 Å². The highest BCUT2D eigenvalue weighted by molar-refractivity contribution is 5.84. The van der Waals surface area contributed by atoms with Gasteiger partial charge in [-0.05, 0) is 32.3 Å². The van der Waals surface area contributed by atoms with Crippen LogP contribution in [0.5, 0.6) is 0 Å². The Hall–Kier alpha value is -1.89. The van der Waals surface area contributed by atoms with Gasteiger partial charge < -0.3 is 9.80 Å². The van der Waals surface area contributed by atoms with Gasteiger partial charge in [0, 0.05) is 19.3 Å². The second-order valence-electron chi connectivity index (χ2n) is 8.22. The van der Waals surface area contributed by atoms with Gasteiger partial charge in [-0.2, -0.15) is 0 Å². The molecule has 3 aliphatic heterocycles. The lowest BCUT2D eigenvalue weighted by molar-refractivity contribution is -0.151. The lowest BCUT2D eigenvalue weighted by Gasteiger charge is -2.46.